The fourth-order valence-corrected chi connectivity index (χ4v) is 2.66. The monoisotopic (exact) mass is 413 g/mol. The topological polar surface area (TPSA) is 73.2 Å². The molecule has 0 aliphatic rings. The number of hydrogen-bond acceptors (Lipinski definition) is 4. The minimum Gasteiger partial charge on any atom is -0.439 e. The summed E-state index contributed by atoms with van der Waals surface area (Å²) in [6.07, 6.45) is 3.05. The van der Waals surface area contributed by atoms with Gasteiger partial charge >= 0.3 is 0 Å². The van der Waals surface area contributed by atoms with E-state index in [0.717, 1.165) is 4.47 Å². The number of halogens is 1. The molecule has 1 amide bonds. The van der Waals surface area contributed by atoms with E-state index >= 15 is 0 Å². The Hall–Kier alpha value is -2.93. The zero-order chi connectivity index (χ0) is 18.5. The van der Waals surface area contributed by atoms with Crippen molar-refractivity contribution in [2.24, 2.45) is 0 Å². The van der Waals surface area contributed by atoms with Crippen molar-refractivity contribution in [3.05, 3.63) is 81.3 Å². The fourth-order valence-electron chi connectivity index (χ4n) is 2.28. The average Bonchev–Trinajstić information content (AvgIpc) is 2.64. The van der Waals surface area contributed by atoms with Gasteiger partial charge in [0.2, 0.25) is 5.88 Å². The van der Waals surface area contributed by atoms with Crippen molar-refractivity contribution < 1.29 is 9.53 Å². The number of amides is 1. The first-order valence-electron chi connectivity index (χ1n) is 7.96. The number of rotatable bonds is 5. The molecule has 0 atom stereocenters. The second-order valence-corrected chi connectivity index (χ2v) is 6.36. The van der Waals surface area contributed by atoms with Crippen molar-refractivity contribution in [2.75, 3.05) is 5.32 Å². The van der Waals surface area contributed by atoms with Gasteiger partial charge in [-0.25, -0.2) is 4.98 Å². The molecular formula is C19H16BrN3O3. The SMILES string of the molecule is CCn1cc(NC(=O)c2ccc(Oc3cccc(Br)c3)nc2)ccc1=O. The molecule has 1 N–H and O–H groups in total. The average molecular weight is 414 g/mol. The molecule has 0 saturated heterocycles. The molecule has 2 heterocycles. The molecule has 0 spiro atoms. The number of carbonyl (C=O) groups excluding carboxylic acids is 1. The van der Waals surface area contributed by atoms with Crippen LogP contribution in [0.4, 0.5) is 5.69 Å². The maximum atomic E-state index is 12.3. The molecular weight excluding hydrogens is 398 g/mol. The van der Waals surface area contributed by atoms with Crippen molar-refractivity contribution >= 4 is 27.5 Å². The van der Waals surface area contributed by atoms with Crippen LogP contribution in [0, 0.1) is 0 Å². The normalized spacial score (nSPS) is 10.4. The summed E-state index contributed by atoms with van der Waals surface area (Å²) in [6, 6.07) is 13.7. The number of ether oxygens (including phenoxy) is 1. The van der Waals surface area contributed by atoms with E-state index < -0.39 is 0 Å². The summed E-state index contributed by atoms with van der Waals surface area (Å²) in [5, 5.41) is 2.75. The second kappa shape index (κ2) is 7.97. The van der Waals surface area contributed by atoms with Crippen LogP contribution in [0.2, 0.25) is 0 Å². The zero-order valence-electron chi connectivity index (χ0n) is 14.0. The summed E-state index contributed by atoms with van der Waals surface area (Å²) >= 11 is 3.38. The van der Waals surface area contributed by atoms with Gasteiger partial charge in [0.05, 0.1) is 11.3 Å². The van der Waals surface area contributed by atoms with Crippen molar-refractivity contribution in [1.29, 1.82) is 0 Å². The molecule has 0 aliphatic carbocycles. The van der Waals surface area contributed by atoms with E-state index in [1.54, 1.807) is 24.4 Å². The first-order chi connectivity index (χ1) is 12.5. The van der Waals surface area contributed by atoms with Crippen LogP contribution in [0.25, 0.3) is 0 Å². The molecule has 1 aromatic carbocycles. The molecule has 132 valence electrons. The number of carbonyl (C=O) groups is 1. The Kier molecular flexibility index (Phi) is 5.48. The summed E-state index contributed by atoms with van der Waals surface area (Å²) in [5.74, 6) is 0.720. The summed E-state index contributed by atoms with van der Waals surface area (Å²) in [5.41, 5.74) is 0.827. The van der Waals surface area contributed by atoms with E-state index in [4.69, 9.17) is 4.74 Å². The molecule has 0 unspecified atom stereocenters. The highest BCUT2D eigenvalue weighted by molar-refractivity contribution is 9.10. The molecule has 26 heavy (non-hydrogen) atoms. The van der Waals surface area contributed by atoms with Crippen molar-refractivity contribution in [2.45, 2.75) is 13.5 Å². The smallest absolute Gasteiger partial charge is 0.257 e. The molecule has 0 aliphatic heterocycles. The summed E-state index contributed by atoms with van der Waals surface area (Å²) in [6.45, 7) is 2.40. The number of benzene rings is 1. The molecule has 2 aromatic heterocycles. The standard InChI is InChI=1S/C19H16BrN3O3/c1-2-23-12-15(7-9-18(23)24)22-19(25)13-6-8-17(21-11-13)26-16-5-3-4-14(20)10-16/h3-12H,2H2,1H3,(H,22,25). The van der Waals surface area contributed by atoms with Crippen LogP contribution in [-0.4, -0.2) is 15.5 Å². The molecule has 0 radical (unpaired) electrons. The second-order valence-electron chi connectivity index (χ2n) is 5.44. The van der Waals surface area contributed by atoms with E-state index in [2.05, 4.69) is 26.2 Å². The van der Waals surface area contributed by atoms with Crippen LogP contribution in [-0.2, 0) is 6.54 Å². The lowest BCUT2D eigenvalue weighted by molar-refractivity contribution is 0.102. The molecule has 0 saturated carbocycles. The zero-order valence-corrected chi connectivity index (χ0v) is 15.6. The van der Waals surface area contributed by atoms with Gasteiger partial charge in [0, 0.05) is 35.5 Å². The number of aromatic nitrogens is 2. The highest BCUT2D eigenvalue weighted by Crippen LogP contribution is 2.23. The van der Waals surface area contributed by atoms with Gasteiger partial charge in [0.1, 0.15) is 5.75 Å². The Morgan fingerprint density at radius 3 is 2.77 bits per heavy atom. The quantitative estimate of drug-likeness (QED) is 0.683. The van der Waals surface area contributed by atoms with Crippen molar-refractivity contribution in [3.8, 4) is 11.6 Å². The van der Waals surface area contributed by atoms with Crippen molar-refractivity contribution in [1.82, 2.24) is 9.55 Å². The predicted molar refractivity (Wildman–Crippen MR) is 103 cm³/mol. The maximum absolute atomic E-state index is 12.3. The number of anilines is 1. The maximum Gasteiger partial charge on any atom is 0.257 e. The first-order valence-corrected chi connectivity index (χ1v) is 8.76. The highest BCUT2D eigenvalue weighted by Gasteiger charge is 2.08. The van der Waals surface area contributed by atoms with Gasteiger partial charge in [-0.05, 0) is 37.3 Å². The van der Waals surface area contributed by atoms with E-state index in [9.17, 15) is 9.59 Å². The molecule has 3 rings (SSSR count). The predicted octanol–water partition coefficient (Wildman–Crippen LogP) is 4.07. The Morgan fingerprint density at radius 2 is 2.08 bits per heavy atom. The Bertz CT molecular complexity index is 984. The first kappa shape index (κ1) is 17.9. The van der Waals surface area contributed by atoms with Gasteiger partial charge in [-0.2, -0.15) is 0 Å². The third-order valence-electron chi connectivity index (χ3n) is 3.60. The number of nitrogens with one attached hydrogen (secondary N) is 1. The van der Waals surface area contributed by atoms with Gasteiger partial charge in [-0.1, -0.05) is 22.0 Å². The number of aryl methyl sites for hydroxylation is 1. The highest BCUT2D eigenvalue weighted by atomic mass is 79.9. The minimum atomic E-state index is -0.312. The molecule has 0 fully saturated rings. The van der Waals surface area contributed by atoms with Gasteiger partial charge in [0.25, 0.3) is 11.5 Å². The molecule has 7 heteroatoms. The summed E-state index contributed by atoms with van der Waals surface area (Å²) in [7, 11) is 0. The number of nitrogens with zero attached hydrogens (tertiary/aromatic N) is 2. The Labute approximate surface area is 158 Å². The van der Waals surface area contributed by atoms with Gasteiger partial charge in [-0.15, -0.1) is 0 Å². The van der Waals surface area contributed by atoms with Gasteiger partial charge in [-0.3, -0.25) is 9.59 Å². The van der Waals surface area contributed by atoms with E-state index in [1.165, 1.54) is 16.8 Å². The summed E-state index contributed by atoms with van der Waals surface area (Å²) in [4.78, 5) is 28.1. The lowest BCUT2D eigenvalue weighted by atomic mass is 10.2. The fraction of sp³-hybridized carbons (Fsp3) is 0.105. The molecule has 6 nitrogen and oxygen atoms in total. The van der Waals surface area contributed by atoms with Crippen LogP contribution in [0.15, 0.2) is 70.2 Å². The summed E-state index contributed by atoms with van der Waals surface area (Å²) < 4.78 is 8.06. The van der Waals surface area contributed by atoms with E-state index in [1.807, 2.05) is 31.2 Å². The largest absolute Gasteiger partial charge is 0.439 e. The third-order valence-corrected chi connectivity index (χ3v) is 4.09. The van der Waals surface area contributed by atoms with E-state index in [0.29, 0.717) is 29.4 Å². The van der Waals surface area contributed by atoms with Crippen LogP contribution < -0.4 is 15.6 Å². The van der Waals surface area contributed by atoms with Gasteiger partial charge in [0.15, 0.2) is 0 Å². The third kappa shape index (κ3) is 4.37. The van der Waals surface area contributed by atoms with Gasteiger partial charge < -0.3 is 14.6 Å². The van der Waals surface area contributed by atoms with Crippen LogP contribution >= 0.6 is 15.9 Å². The Balaban J connectivity index is 1.70. The van der Waals surface area contributed by atoms with E-state index in [-0.39, 0.29) is 11.5 Å². The van der Waals surface area contributed by atoms with Crippen LogP contribution in [0.3, 0.4) is 0 Å². The minimum absolute atomic E-state index is 0.110. The lowest BCUT2D eigenvalue weighted by Gasteiger charge is -2.09. The van der Waals surface area contributed by atoms with Crippen molar-refractivity contribution in [3.63, 3.8) is 0 Å². The number of hydrogen-bond donors (Lipinski definition) is 1. The van der Waals surface area contributed by atoms with Crippen LogP contribution in [0.5, 0.6) is 11.6 Å². The Morgan fingerprint density at radius 1 is 1.23 bits per heavy atom. The number of pyridine rings is 2. The molecule has 3 aromatic rings. The lowest BCUT2D eigenvalue weighted by Crippen LogP contribution is -2.19. The van der Waals surface area contributed by atoms with Crippen LogP contribution in [0.1, 0.15) is 17.3 Å². The molecule has 0 bridgehead atoms.